The Balaban J connectivity index is 2.09. The molecule has 0 aliphatic heterocycles. The lowest BCUT2D eigenvalue weighted by atomic mass is 9.94. The normalized spacial score (nSPS) is 10.5. The fourth-order valence-corrected chi connectivity index (χ4v) is 2.71. The zero-order valence-electron chi connectivity index (χ0n) is 13.9. The molecule has 0 unspecified atom stereocenters. The van der Waals surface area contributed by atoms with E-state index >= 15 is 0 Å². The third-order valence-electron chi connectivity index (χ3n) is 3.90. The fraction of sp³-hybridized carbons (Fsp3) is 0.158. The predicted octanol–water partition coefficient (Wildman–Crippen LogP) is 3.87. The van der Waals surface area contributed by atoms with Crippen molar-refractivity contribution >= 4 is 11.8 Å². The highest BCUT2D eigenvalue weighted by atomic mass is 16.5. The lowest BCUT2D eigenvalue weighted by Gasteiger charge is -2.17. The van der Waals surface area contributed by atoms with Gasteiger partial charge in [0.15, 0.2) is 0 Å². The van der Waals surface area contributed by atoms with Gasteiger partial charge >= 0.3 is 0 Å². The Morgan fingerprint density at radius 3 is 2.56 bits per heavy atom. The Morgan fingerprint density at radius 2 is 1.96 bits per heavy atom. The molecule has 0 saturated carbocycles. The number of aromatic nitrogens is 1. The van der Waals surface area contributed by atoms with Gasteiger partial charge in [0.25, 0.3) is 5.91 Å². The van der Waals surface area contributed by atoms with Crippen LogP contribution in [0.3, 0.4) is 0 Å². The summed E-state index contributed by atoms with van der Waals surface area (Å²) in [6, 6.07) is 12.0. The lowest BCUT2D eigenvalue weighted by Crippen LogP contribution is -2.13. The number of ether oxygens (including phenoxy) is 1. The van der Waals surface area contributed by atoms with E-state index in [1.54, 1.807) is 36.4 Å². The van der Waals surface area contributed by atoms with Gasteiger partial charge in [0.2, 0.25) is 5.88 Å². The molecule has 6 nitrogen and oxygen atoms in total. The average molecular weight is 338 g/mol. The number of anilines is 1. The molecule has 3 aromatic rings. The molecule has 1 amide bonds. The van der Waals surface area contributed by atoms with Crippen molar-refractivity contribution in [1.29, 1.82) is 0 Å². The Labute approximate surface area is 145 Å². The minimum absolute atomic E-state index is 0.181. The first-order valence-corrected chi connectivity index (χ1v) is 7.85. The Bertz CT molecular complexity index is 871. The number of phenols is 1. The van der Waals surface area contributed by atoms with E-state index in [4.69, 9.17) is 9.26 Å². The van der Waals surface area contributed by atoms with E-state index in [0.717, 1.165) is 23.1 Å². The summed E-state index contributed by atoms with van der Waals surface area (Å²) in [5, 5.41) is 15.7. The molecule has 0 fully saturated rings. The number of aromatic hydroxyl groups is 1. The van der Waals surface area contributed by atoms with Gasteiger partial charge in [-0.1, -0.05) is 30.3 Å². The molecule has 0 aliphatic rings. The summed E-state index contributed by atoms with van der Waals surface area (Å²) in [6.45, 7) is 2.03. The standard InChI is InChI=1S/C19H18N2O4/c1-3-12-6-9-15(19(23)21-16-10-11-20-25-16)18(24-2)17(12)13-4-7-14(22)8-5-13/h4-11,22H,3H2,1-2H3,(H,21,23). The van der Waals surface area contributed by atoms with Crippen LogP contribution in [0.2, 0.25) is 0 Å². The molecular weight excluding hydrogens is 320 g/mol. The van der Waals surface area contributed by atoms with E-state index in [-0.39, 0.29) is 17.5 Å². The smallest absolute Gasteiger partial charge is 0.261 e. The molecule has 2 N–H and O–H groups in total. The number of nitrogens with one attached hydrogen (secondary N) is 1. The van der Waals surface area contributed by atoms with Gasteiger partial charge in [-0.25, -0.2) is 0 Å². The van der Waals surface area contributed by atoms with Gasteiger partial charge in [0.1, 0.15) is 11.5 Å². The molecular formula is C19H18N2O4. The van der Waals surface area contributed by atoms with Crippen LogP contribution < -0.4 is 10.1 Å². The van der Waals surface area contributed by atoms with E-state index in [0.29, 0.717) is 11.3 Å². The van der Waals surface area contributed by atoms with Gasteiger partial charge in [0.05, 0.1) is 18.9 Å². The number of aryl methyl sites for hydroxylation is 1. The number of hydrogen-bond acceptors (Lipinski definition) is 5. The molecule has 0 aliphatic carbocycles. The van der Waals surface area contributed by atoms with Crippen LogP contribution in [0.5, 0.6) is 11.5 Å². The van der Waals surface area contributed by atoms with Crippen molar-refractivity contribution in [1.82, 2.24) is 5.16 Å². The van der Waals surface area contributed by atoms with Crippen LogP contribution in [0.15, 0.2) is 53.2 Å². The highest BCUT2D eigenvalue weighted by Gasteiger charge is 2.20. The number of nitrogens with zero attached hydrogens (tertiary/aromatic N) is 1. The second-order valence-electron chi connectivity index (χ2n) is 5.41. The molecule has 1 heterocycles. The first-order valence-electron chi connectivity index (χ1n) is 7.85. The van der Waals surface area contributed by atoms with E-state index in [1.165, 1.54) is 13.3 Å². The number of amides is 1. The predicted molar refractivity (Wildman–Crippen MR) is 93.9 cm³/mol. The highest BCUT2D eigenvalue weighted by molar-refractivity contribution is 6.07. The third kappa shape index (κ3) is 3.33. The minimum atomic E-state index is -0.351. The van der Waals surface area contributed by atoms with Crippen molar-refractivity contribution in [2.75, 3.05) is 12.4 Å². The molecule has 0 radical (unpaired) electrons. The summed E-state index contributed by atoms with van der Waals surface area (Å²) in [5.41, 5.74) is 3.12. The Kier molecular flexibility index (Phi) is 4.70. The minimum Gasteiger partial charge on any atom is -0.508 e. The number of phenolic OH excluding ortho intramolecular Hbond substituents is 1. The maximum Gasteiger partial charge on any atom is 0.261 e. The number of carbonyl (C=O) groups is 1. The van der Waals surface area contributed by atoms with Crippen molar-refractivity contribution in [2.24, 2.45) is 0 Å². The first-order chi connectivity index (χ1) is 12.1. The summed E-state index contributed by atoms with van der Waals surface area (Å²) in [5.74, 6) is 0.566. The number of hydrogen-bond donors (Lipinski definition) is 2. The van der Waals surface area contributed by atoms with E-state index in [2.05, 4.69) is 10.5 Å². The molecule has 3 rings (SSSR count). The third-order valence-corrected chi connectivity index (χ3v) is 3.90. The summed E-state index contributed by atoms with van der Waals surface area (Å²) >= 11 is 0. The van der Waals surface area contributed by atoms with Crippen molar-refractivity contribution in [2.45, 2.75) is 13.3 Å². The molecule has 0 spiro atoms. The van der Waals surface area contributed by atoms with Crippen LogP contribution in [0.4, 0.5) is 5.88 Å². The maximum absolute atomic E-state index is 12.6. The average Bonchev–Trinajstić information content (AvgIpc) is 3.14. The zero-order valence-corrected chi connectivity index (χ0v) is 13.9. The van der Waals surface area contributed by atoms with Gasteiger partial charge in [-0.2, -0.15) is 0 Å². The van der Waals surface area contributed by atoms with Gasteiger partial charge in [-0.05, 0) is 35.7 Å². The summed E-state index contributed by atoms with van der Waals surface area (Å²) < 4.78 is 10.5. The van der Waals surface area contributed by atoms with Crippen LogP contribution in [0, 0.1) is 0 Å². The molecule has 1 aromatic heterocycles. The van der Waals surface area contributed by atoms with Gasteiger partial charge < -0.3 is 14.4 Å². The monoisotopic (exact) mass is 338 g/mol. The largest absolute Gasteiger partial charge is 0.508 e. The van der Waals surface area contributed by atoms with Crippen LogP contribution in [-0.2, 0) is 6.42 Å². The number of carbonyl (C=O) groups excluding carboxylic acids is 1. The second kappa shape index (κ2) is 7.09. The van der Waals surface area contributed by atoms with E-state index in [9.17, 15) is 9.90 Å². The summed E-state index contributed by atoms with van der Waals surface area (Å²) in [7, 11) is 1.53. The Hall–Kier alpha value is -3.28. The topological polar surface area (TPSA) is 84.6 Å². The molecule has 6 heteroatoms. The molecule has 0 atom stereocenters. The van der Waals surface area contributed by atoms with Crippen molar-refractivity contribution in [3.05, 3.63) is 59.8 Å². The first kappa shape index (κ1) is 16.6. The molecule has 128 valence electrons. The van der Waals surface area contributed by atoms with Gasteiger partial charge in [0, 0.05) is 11.6 Å². The van der Waals surface area contributed by atoms with Gasteiger partial charge in [-0.3, -0.25) is 10.1 Å². The maximum atomic E-state index is 12.6. The van der Waals surface area contributed by atoms with Crippen molar-refractivity contribution in [3.63, 3.8) is 0 Å². The summed E-state index contributed by atoms with van der Waals surface area (Å²) in [4.78, 5) is 12.6. The number of methoxy groups -OCH3 is 1. The second-order valence-corrected chi connectivity index (χ2v) is 5.41. The number of rotatable bonds is 5. The molecule has 2 aromatic carbocycles. The van der Waals surface area contributed by atoms with Crippen LogP contribution in [0.25, 0.3) is 11.1 Å². The highest BCUT2D eigenvalue weighted by Crippen LogP contribution is 2.37. The summed E-state index contributed by atoms with van der Waals surface area (Å²) in [6.07, 6.45) is 2.23. The van der Waals surface area contributed by atoms with Crippen LogP contribution in [0.1, 0.15) is 22.8 Å². The Morgan fingerprint density at radius 1 is 1.20 bits per heavy atom. The van der Waals surface area contributed by atoms with E-state index in [1.807, 2.05) is 13.0 Å². The quantitative estimate of drug-likeness (QED) is 0.738. The van der Waals surface area contributed by atoms with Crippen molar-refractivity contribution < 1.29 is 19.2 Å². The van der Waals surface area contributed by atoms with Gasteiger partial charge in [-0.15, -0.1) is 0 Å². The molecule has 0 saturated heterocycles. The molecule has 25 heavy (non-hydrogen) atoms. The number of benzene rings is 2. The zero-order chi connectivity index (χ0) is 17.8. The SMILES string of the molecule is CCc1ccc(C(=O)Nc2ccno2)c(OC)c1-c1ccc(O)cc1. The molecule has 0 bridgehead atoms. The van der Waals surface area contributed by atoms with Crippen LogP contribution in [-0.4, -0.2) is 23.3 Å². The lowest BCUT2D eigenvalue weighted by molar-refractivity contribution is 0.102. The van der Waals surface area contributed by atoms with Crippen LogP contribution >= 0.6 is 0 Å². The fourth-order valence-electron chi connectivity index (χ4n) is 2.71. The van der Waals surface area contributed by atoms with Crippen molar-refractivity contribution in [3.8, 4) is 22.6 Å². The van der Waals surface area contributed by atoms with E-state index < -0.39 is 0 Å².